The van der Waals surface area contributed by atoms with E-state index in [2.05, 4.69) is 6.58 Å². The Hall–Kier alpha value is -2.64. The van der Waals surface area contributed by atoms with Crippen LogP contribution < -0.4 is 14.2 Å². The molecular formula is C17H18F3NO4. The van der Waals surface area contributed by atoms with E-state index in [1.807, 2.05) is 0 Å². The van der Waals surface area contributed by atoms with Crippen molar-refractivity contribution in [3.8, 4) is 17.2 Å². The Balaban J connectivity index is 2.19. The topological polar surface area (TPSA) is 48.0 Å². The van der Waals surface area contributed by atoms with Crippen molar-refractivity contribution in [1.82, 2.24) is 4.90 Å². The fourth-order valence-corrected chi connectivity index (χ4v) is 2.27. The summed E-state index contributed by atoms with van der Waals surface area (Å²) in [6.07, 6.45) is -0.771. The van der Waals surface area contributed by atoms with Gasteiger partial charge in [-0.1, -0.05) is 6.08 Å². The van der Waals surface area contributed by atoms with Gasteiger partial charge in [-0.3, -0.25) is 4.79 Å². The van der Waals surface area contributed by atoms with E-state index < -0.39 is 18.6 Å². The smallest absolute Gasteiger partial charge is 0.406 e. The first-order valence-corrected chi connectivity index (χ1v) is 7.46. The van der Waals surface area contributed by atoms with E-state index in [1.54, 1.807) is 12.1 Å². The number of carbonyl (C=O) groups is 1. The molecular weight excluding hydrogens is 339 g/mol. The third-order valence-corrected chi connectivity index (χ3v) is 3.30. The molecule has 0 fully saturated rings. The van der Waals surface area contributed by atoms with Gasteiger partial charge in [0.05, 0.1) is 7.11 Å². The Morgan fingerprint density at radius 1 is 1.36 bits per heavy atom. The van der Waals surface area contributed by atoms with Gasteiger partial charge in [-0.15, -0.1) is 6.58 Å². The van der Waals surface area contributed by atoms with Crippen molar-refractivity contribution in [3.05, 3.63) is 36.4 Å². The predicted molar refractivity (Wildman–Crippen MR) is 85.9 cm³/mol. The van der Waals surface area contributed by atoms with Gasteiger partial charge in [0.25, 0.3) is 0 Å². The predicted octanol–water partition coefficient (Wildman–Crippen LogP) is 3.06. The highest BCUT2D eigenvalue weighted by molar-refractivity contribution is 5.92. The third kappa shape index (κ3) is 5.17. The highest BCUT2D eigenvalue weighted by Gasteiger charge is 2.31. The summed E-state index contributed by atoms with van der Waals surface area (Å²) in [6, 6.07) is 3.24. The number of hydrogen-bond donors (Lipinski definition) is 0. The van der Waals surface area contributed by atoms with Gasteiger partial charge < -0.3 is 19.1 Å². The number of hydrogen-bond acceptors (Lipinski definition) is 4. The number of amides is 1. The van der Waals surface area contributed by atoms with Crippen LogP contribution in [-0.4, -0.2) is 50.4 Å². The van der Waals surface area contributed by atoms with Crippen LogP contribution >= 0.6 is 0 Å². The second-order valence-electron chi connectivity index (χ2n) is 5.20. The fourth-order valence-electron chi connectivity index (χ4n) is 2.27. The maximum atomic E-state index is 12.5. The molecule has 0 N–H and O–H groups in total. The van der Waals surface area contributed by atoms with Gasteiger partial charge in [-0.05, 0) is 23.8 Å². The normalized spacial score (nSPS) is 13.6. The molecule has 8 heteroatoms. The van der Waals surface area contributed by atoms with E-state index in [4.69, 9.17) is 14.2 Å². The van der Waals surface area contributed by atoms with Crippen molar-refractivity contribution < 1.29 is 32.2 Å². The van der Waals surface area contributed by atoms with Crippen LogP contribution in [0.5, 0.6) is 17.2 Å². The van der Waals surface area contributed by atoms with Crippen molar-refractivity contribution in [1.29, 1.82) is 0 Å². The molecule has 1 aromatic rings. The summed E-state index contributed by atoms with van der Waals surface area (Å²) in [7, 11) is 1.46. The summed E-state index contributed by atoms with van der Waals surface area (Å²) < 4.78 is 53.8. The average Bonchev–Trinajstić information content (AvgIpc) is 2.57. The molecule has 0 radical (unpaired) electrons. The van der Waals surface area contributed by atoms with E-state index >= 15 is 0 Å². The number of carbonyl (C=O) groups excluding carboxylic acids is 1. The van der Waals surface area contributed by atoms with E-state index in [1.165, 1.54) is 19.3 Å². The summed E-state index contributed by atoms with van der Waals surface area (Å²) in [5, 5.41) is 0. The molecule has 0 aliphatic carbocycles. The maximum absolute atomic E-state index is 12.5. The largest absolute Gasteiger partial charge is 0.493 e. The van der Waals surface area contributed by atoms with Crippen LogP contribution in [0, 0.1) is 0 Å². The van der Waals surface area contributed by atoms with Crippen LogP contribution in [0.15, 0.2) is 30.9 Å². The first-order valence-electron chi connectivity index (χ1n) is 7.46. The molecule has 25 heavy (non-hydrogen) atoms. The van der Waals surface area contributed by atoms with Crippen molar-refractivity contribution >= 4 is 12.0 Å². The minimum atomic E-state index is -4.48. The van der Waals surface area contributed by atoms with Crippen LogP contribution in [0.25, 0.3) is 6.08 Å². The molecule has 1 aliphatic rings. The highest BCUT2D eigenvalue weighted by atomic mass is 19.4. The summed E-state index contributed by atoms with van der Waals surface area (Å²) in [6.45, 7) is 2.60. The van der Waals surface area contributed by atoms with Crippen molar-refractivity contribution in [2.24, 2.45) is 0 Å². The lowest BCUT2D eigenvalue weighted by molar-refractivity contribution is -0.157. The Labute approximate surface area is 143 Å². The molecule has 2 rings (SSSR count). The van der Waals surface area contributed by atoms with E-state index in [9.17, 15) is 18.0 Å². The Bertz CT molecular complexity index is 653. The summed E-state index contributed by atoms with van der Waals surface area (Å²) in [4.78, 5) is 12.7. The molecule has 0 unspecified atom stereocenters. The number of benzene rings is 1. The van der Waals surface area contributed by atoms with E-state index in [-0.39, 0.29) is 6.54 Å². The lowest BCUT2D eigenvalue weighted by Crippen LogP contribution is -2.38. The number of nitrogens with zero attached hydrogens (tertiary/aromatic N) is 1. The fraction of sp³-hybridized carbons (Fsp3) is 0.353. The SMILES string of the molecule is C=CCN(CC(F)(F)F)C(=O)/C=C/c1cc(OC)c2c(c1)OCCO2. The Kier molecular flexibility index (Phi) is 5.95. The van der Waals surface area contributed by atoms with Gasteiger partial charge in [-0.2, -0.15) is 13.2 Å². The lowest BCUT2D eigenvalue weighted by atomic mass is 10.1. The lowest BCUT2D eigenvalue weighted by Gasteiger charge is -2.21. The molecule has 0 saturated carbocycles. The molecule has 0 aromatic heterocycles. The molecule has 0 atom stereocenters. The number of halogens is 3. The quantitative estimate of drug-likeness (QED) is 0.580. The number of methoxy groups -OCH3 is 1. The van der Waals surface area contributed by atoms with Gasteiger partial charge in [0.2, 0.25) is 11.7 Å². The monoisotopic (exact) mass is 357 g/mol. The zero-order valence-corrected chi connectivity index (χ0v) is 13.6. The standard InChI is InChI=1S/C17H18F3NO4/c1-3-6-21(11-17(18,19)20)15(22)5-4-12-9-13(23-2)16-14(10-12)24-7-8-25-16/h3-5,9-10H,1,6-8,11H2,2H3/b5-4+. The summed E-state index contributed by atoms with van der Waals surface area (Å²) in [5.74, 6) is 0.562. The third-order valence-electron chi connectivity index (χ3n) is 3.30. The van der Waals surface area contributed by atoms with Gasteiger partial charge in [0, 0.05) is 12.6 Å². The molecule has 1 amide bonds. The maximum Gasteiger partial charge on any atom is 0.406 e. The first kappa shape index (κ1) is 18.7. The highest BCUT2D eigenvalue weighted by Crippen LogP contribution is 2.40. The first-order chi connectivity index (χ1) is 11.8. The molecule has 5 nitrogen and oxygen atoms in total. The summed E-state index contributed by atoms with van der Waals surface area (Å²) >= 11 is 0. The summed E-state index contributed by atoms with van der Waals surface area (Å²) in [5.41, 5.74) is 0.542. The van der Waals surface area contributed by atoms with Crippen LogP contribution in [-0.2, 0) is 4.79 Å². The van der Waals surface area contributed by atoms with Crippen molar-refractivity contribution in [3.63, 3.8) is 0 Å². The van der Waals surface area contributed by atoms with Crippen LogP contribution in [0.1, 0.15) is 5.56 Å². The molecule has 0 bridgehead atoms. The van der Waals surface area contributed by atoms with Gasteiger partial charge in [0.1, 0.15) is 19.8 Å². The average molecular weight is 357 g/mol. The van der Waals surface area contributed by atoms with Crippen LogP contribution in [0.2, 0.25) is 0 Å². The molecule has 136 valence electrons. The Morgan fingerprint density at radius 2 is 2.08 bits per heavy atom. The van der Waals surface area contributed by atoms with E-state index in [0.717, 1.165) is 6.08 Å². The number of rotatable bonds is 6. The second-order valence-corrected chi connectivity index (χ2v) is 5.20. The van der Waals surface area contributed by atoms with Crippen LogP contribution in [0.4, 0.5) is 13.2 Å². The minimum Gasteiger partial charge on any atom is -0.493 e. The minimum absolute atomic E-state index is 0.201. The zero-order valence-electron chi connectivity index (χ0n) is 13.6. The van der Waals surface area contributed by atoms with E-state index in [0.29, 0.717) is 40.9 Å². The van der Waals surface area contributed by atoms with Crippen molar-refractivity contribution in [2.45, 2.75) is 6.18 Å². The van der Waals surface area contributed by atoms with Gasteiger partial charge in [0.15, 0.2) is 11.5 Å². The number of fused-ring (bicyclic) bond motifs is 1. The van der Waals surface area contributed by atoms with Crippen LogP contribution in [0.3, 0.4) is 0 Å². The molecule has 1 aromatic carbocycles. The van der Waals surface area contributed by atoms with Crippen molar-refractivity contribution in [2.75, 3.05) is 33.4 Å². The molecule has 0 spiro atoms. The molecule has 0 saturated heterocycles. The Morgan fingerprint density at radius 3 is 2.72 bits per heavy atom. The molecule has 1 heterocycles. The number of ether oxygens (including phenoxy) is 3. The van der Waals surface area contributed by atoms with Gasteiger partial charge in [-0.25, -0.2) is 0 Å². The number of alkyl halides is 3. The molecule has 1 aliphatic heterocycles. The van der Waals surface area contributed by atoms with Gasteiger partial charge >= 0.3 is 6.18 Å². The second kappa shape index (κ2) is 7.96. The zero-order chi connectivity index (χ0) is 18.4.